The van der Waals surface area contributed by atoms with Crippen LogP contribution in [0.3, 0.4) is 0 Å². The lowest BCUT2D eigenvalue weighted by Gasteiger charge is -2.32. The predicted molar refractivity (Wildman–Crippen MR) is 126 cm³/mol. The summed E-state index contributed by atoms with van der Waals surface area (Å²) in [4.78, 5) is 25.8. The molecule has 0 heterocycles. The quantitative estimate of drug-likeness (QED) is 0.292. The van der Waals surface area contributed by atoms with Crippen LogP contribution < -0.4 is 9.47 Å². The van der Waals surface area contributed by atoms with Gasteiger partial charge in [-0.2, -0.15) is 0 Å². The third-order valence-corrected chi connectivity index (χ3v) is 4.86. The van der Waals surface area contributed by atoms with Crippen LogP contribution >= 0.6 is 0 Å². The largest absolute Gasteiger partial charge is 0.493 e. The van der Waals surface area contributed by atoms with E-state index in [-0.39, 0.29) is 6.61 Å². The number of hydrogen-bond acceptors (Lipinski definition) is 6. The first-order valence-corrected chi connectivity index (χ1v) is 10.7. The van der Waals surface area contributed by atoms with Gasteiger partial charge >= 0.3 is 6.09 Å². The van der Waals surface area contributed by atoms with Gasteiger partial charge < -0.3 is 23.8 Å². The van der Waals surface area contributed by atoms with Crippen LogP contribution in [0.15, 0.2) is 60.4 Å². The first-order valence-electron chi connectivity index (χ1n) is 10.7. The molecule has 0 fully saturated rings. The molecule has 1 amide bonds. The fourth-order valence-corrected chi connectivity index (χ4v) is 3.28. The van der Waals surface area contributed by atoms with Crippen LogP contribution in [0.1, 0.15) is 31.9 Å². The number of methoxy groups -OCH3 is 2. The molecule has 1 atom stereocenters. The predicted octanol–water partition coefficient (Wildman–Crippen LogP) is 4.78. The van der Waals surface area contributed by atoms with Crippen molar-refractivity contribution in [1.29, 1.82) is 0 Å². The molecule has 0 unspecified atom stereocenters. The maximum atomic E-state index is 12.9. The second-order valence-electron chi connectivity index (χ2n) is 8.44. The average Bonchev–Trinajstić information content (AvgIpc) is 2.79. The molecule has 0 aliphatic rings. The Morgan fingerprint density at radius 2 is 1.73 bits per heavy atom. The molecule has 0 aromatic heterocycles. The molecule has 0 bridgehead atoms. The van der Waals surface area contributed by atoms with E-state index in [1.165, 1.54) is 11.0 Å². The Morgan fingerprint density at radius 1 is 1.03 bits per heavy atom. The highest BCUT2D eigenvalue weighted by atomic mass is 16.6. The highest BCUT2D eigenvalue weighted by Gasteiger charge is 2.29. The standard InChI is InChI=1S/C26H33NO6/c1-26(2,3)33-25(29)27(4)21(17-19-11-8-7-9-12-19)22(15-16-28)32-18-20-13-10-14-23(30-5)24(20)31-6/h7-16,21H,17-18H2,1-6H3/b22-15+/t21-/m0/s1. The number of ether oxygens (including phenoxy) is 4. The minimum absolute atomic E-state index is 0.119. The van der Waals surface area contributed by atoms with Gasteiger partial charge in [-0.15, -0.1) is 0 Å². The summed E-state index contributed by atoms with van der Waals surface area (Å²) >= 11 is 0. The molecule has 178 valence electrons. The number of likely N-dealkylation sites (N-methyl/N-ethyl adjacent to an activating group) is 1. The minimum atomic E-state index is -0.661. The monoisotopic (exact) mass is 455 g/mol. The Balaban J connectivity index is 2.35. The fraction of sp³-hybridized carbons (Fsp3) is 0.385. The smallest absolute Gasteiger partial charge is 0.410 e. The molecule has 2 aromatic rings. The summed E-state index contributed by atoms with van der Waals surface area (Å²) in [6.45, 7) is 5.53. The molecular formula is C26H33NO6. The molecule has 0 saturated carbocycles. The van der Waals surface area contributed by atoms with Crippen molar-refractivity contribution in [2.45, 2.75) is 45.4 Å². The molecule has 2 aromatic carbocycles. The second kappa shape index (κ2) is 11.9. The molecule has 7 nitrogen and oxygen atoms in total. The van der Waals surface area contributed by atoms with E-state index in [1.807, 2.05) is 42.5 Å². The number of hydrogen-bond donors (Lipinski definition) is 0. The fourth-order valence-electron chi connectivity index (χ4n) is 3.28. The van der Waals surface area contributed by atoms with Gasteiger partial charge in [0.2, 0.25) is 0 Å². The lowest BCUT2D eigenvalue weighted by molar-refractivity contribution is -0.104. The molecule has 7 heteroatoms. The number of benzene rings is 2. The minimum Gasteiger partial charge on any atom is -0.493 e. The van der Waals surface area contributed by atoms with Crippen molar-refractivity contribution in [2.75, 3.05) is 21.3 Å². The third kappa shape index (κ3) is 7.56. The SMILES string of the molecule is COc1cccc(CO/C(=C/C=O)[C@H](Cc2ccccc2)N(C)C(=O)OC(C)(C)C)c1OC. The molecule has 33 heavy (non-hydrogen) atoms. The van der Waals surface area contributed by atoms with Crippen LogP contribution in [0.25, 0.3) is 0 Å². The summed E-state index contributed by atoms with van der Waals surface area (Å²) in [6, 6.07) is 14.6. The first-order chi connectivity index (χ1) is 15.7. The van der Waals surface area contributed by atoms with Crippen molar-refractivity contribution < 1.29 is 28.5 Å². The average molecular weight is 456 g/mol. The van der Waals surface area contributed by atoms with Crippen LogP contribution in [0.4, 0.5) is 4.79 Å². The Kier molecular flexibility index (Phi) is 9.33. The van der Waals surface area contributed by atoms with Gasteiger partial charge in [0.1, 0.15) is 24.3 Å². The number of carbonyl (C=O) groups is 2. The summed E-state index contributed by atoms with van der Waals surface area (Å²) in [7, 11) is 4.75. The van der Waals surface area contributed by atoms with E-state index in [2.05, 4.69) is 0 Å². The maximum absolute atomic E-state index is 12.9. The molecular weight excluding hydrogens is 422 g/mol. The Labute approximate surface area is 195 Å². The van der Waals surface area contributed by atoms with Gasteiger partial charge in [0, 0.05) is 25.1 Å². The number of para-hydroxylation sites is 1. The van der Waals surface area contributed by atoms with Gasteiger partial charge in [0.15, 0.2) is 11.5 Å². The van der Waals surface area contributed by atoms with Crippen LogP contribution in [-0.2, 0) is 27.3 Å². The van der Waals surface area contributed by atoms with E-state index < -0.39 is 17.7 Å². The first kappa shape index (κ1) is 25.8. The van der Waals surface area contributed by atoms with E-state index in [0.29, 0.717) is 30.0 Å². The summed E-state index contributed by atoms with van der Waals surface area (Å²) in [5.74, 6) is 1.46. The second-order valence-corrected chi connectivity index (χ2v) is 8.44. The zero-order valence-corrected chi connectivity index (χ0v) is 20.2. The topological polar surface area (TPSA) is 74.3 Å². The highest BCUT2D eigenvalue weighted by molar-refractivity contribution is 5.70. The third-order valence-electron chi connectivity index (χ3n) is 4.86. The van der Waals surface area contributed by atoms with Crippen molar-refractivity contribution in [3.63, 3.8) is 0 Å². The van der Waals surface area contributed by atoms with Gasteiger partial charge in [0.25, 0.3) is 0 Å². The van der Waals surface area contributed by atoms with E-state index in [0.717, 1.165) is 11.1 Å². The Bertz CT molecular complexity index is 949. The molecule has 0 aliphatic heterocycles. The van der Waals surface area contributed by atoms with Crippen LogP contribution in [-0.4, -0.2) is 50.2 Å². The molecule has 0 spiro atoms. The summed E-state index contributed by atoms with van der Waals surface area (Å²) in [5, 5.41) is 0. The summed E-state index contributed by atoms with van der Waals surface area (Å²) in [6.07, 6.45) is 1.91. The van der Waals surface area contributed by atoms with Crippen molar-refractivity contribution in [2.24, 2.45) is 0 Å². The number of rotatable bonds is 10. The Hall–Kier alpha value is -3.48. The maximum Gasteiger partial charge on any atom is 0.410 e. The highest BCUT2D eigenvalue weighted by Crippen LogP contribution is 2.32. The van der Waals surface area contributed by atoms with Gasteiger partial charge in [-0.3, -0.25) is 4.79 Å². The van der Waals surface area contributed by atoms with Crippen LogP contribution in [0.2, 0.25) is 0 Å². The van der Waals surface area contributed by atoms with Crippen molar-refractivity contribution in [3.05, 3.63) is 71.5 Å². The van der Waals surface area contributed by atoms with Gasteiger partial charge in [-0.1, -0.05) is 42.5 Å². The van der Waals surface area contributed by atoms with E-state index in [9.17, 15) is 9.59 Å². The number of amides is 1. The van der Waals surface area contributed by atoms with E-state index >= 15 is 0 Å². The normalized spacial score (nSPS) is 12.5. The lowest BCUT2D eigenvalue weighted by atomic mass is 10.0. The zero-order chi connectivity index (χ0) is 24.4. The number of carbonyl (C=O) groups excluding carboxylic acids is 2. The van der Waals surface area contributed by atoms with E-state index in [4.69, 9.17) is 18.9 Å². The number of nitrogens with zero attached hydrogens (tertiary/aromatic N) is 1. The number of aldehydes is 1. The zero-order valence-electron chi connectivity index (χ0n) is 20.2. The number of allylic oxidation sites excluding steroid dienone is 1. The summed E-state index contributed by atoms with van der Waals surface area (Å²) in [5.41, 5.74) is 1.07. The van der Waals surface area contributed by atoms with Crippen molar-refractivity contribution in [3.8, 4) is 11.5 Å². The molecule has 0 N–H and O–H groups in total. The molecule has 0 saturated heterocycles. The van der Waals surface area contributed by atoms with Gasteiger partial charge in [0.05, 0.1) is 20.3 Å². The van der Waals surface area contributed by atoms with E-state index in [1.54, 1.807) is 48.1 Å². The lowest BCUT2D eigenvalue weighted by Crippen LogP contribution is -2.43. The van der Waals surface area contributed by atoms with Crippen molar-refractivity contribution in [1.82, 2.24) is 4.90 Å². The molecule has 0 aliphatic carbocycles. The van der Waals surface area contributed by atoms with Gasteiger partial charge in [-0.05, 0) is 32.4 Å². The van der Waals surface area contributed by atoms with Crippen LogP contribution in [0, 0.1) is 0 Å². The van der Waals surface area contributed by atoms with Crippen molar-refractivity contribution >= 4 is 12.4 Å². The molecule has 2 rings (SSSR count). The Morgan fingerprint density at radius 3 is 2.30 bits per heavy atom. The summed E-state index contributed by atoms with van der Waals surface area (Å²) < 4.78 is 22.5. The molecule has 0 radical (unpaired) electrons. The van der Waals surface area contributed by atoms with Crippen LogP contribution in [0.5, 0.6) is 11.5 Å². The van der Waals surface area contributed by atoms with Gasteiger partial charge in [-0.25, -0.2) is 4.79 Å².